The first-order chi connectivity index (χ1) is 7.81. The first-order valence-corrected chi connectivity index (χ1v) is 5.78. The van der Waals surface area contributed by atoms with Gasteiger partial charge in [-0.2, -0.15) is 0 Å². The van der Waals surface area contributed by atoms with Gasteiger partial charge in [0.15, 0.2) is 0 Å². The summed E-state index contributed by atoms with van der Waals surface area (Å²) in [6, 6.07) is 1.83. The molecule has 0 aromatic carbocycles. The molecule has 2 aliphatic rings. The number of hydrogen-bond acceptors (Lipinski definition) is 5. The third-order valence-corrected chi connectivity index (χ3v) is 3.49. The predicted molar refractivity (Wildman–Crippen MR) is 61.7 cm³/mol. The molecular weight excluding hydrogens is 202 g/mol. The SMILES string of the molecule is CN1C[C@@H]2CN(Nc3ncccn3)C[C@@H]2C1. The average molecular weight is 219 g/mol. The number of likely N-dealkylation sites (tertiary alicyclic amines) is 1. The van der Waals surface area contributed by atoms with Crippen molar-refractivity contribution in [3.05, 3.63) is 18.5 Å². The quantitative estimate of drug-likeness (QED) is 0.775. The Labute approximate surface area is 95.5 Å². The van der Waals surface area contributed by atoms with Crippen LogP contribution in [0.15, 0.2) is 18.5 Å². The summed E-state index contributed by atoms with van der Waals surface area (Å²) >= 11 is 0. The monoisotopic (exact) mass is 219 g/mol. The van der Waals surface area contributed by atoms with Crippen molar-refractivity contribution in [3.8, 4) is 0 Å². The van der Waals surface area contributed by atoms with Crippen molar-refractivity contribution in [1.29, 1.82) is 0 Å². The first kappa shape index (κ1) is 9.99. The van der Waals surface area contributed by atoms with Crippen LogP contribution in [0.1, 0.15) is 0 Å². The van der Waals surface area contributed by atoms with Gasteiger partial charge in [-0.15, -0.1) is 0 Å². The lowest BCUT2D eigenvalue weighted by molar-refractivity contribution is 0.312. The second-order valence-corrected chi connectivity index (χ2v) is 4.83. The highest BCUT2D eigenvalue weighted by molar-refractivity contribution is 5.21. The minimum atomic E-state index is 0.704. The lowest BCUT2D eigenvalue weighted by Crippen LogP contribution is -2.32. The maximum atomic E-state index is 4.18. The minimum Gasteiger partial charge on any atom is -0.306 e. The number of nitrogens with zero attached hydrogens (tertiary/aromatic N) is 4. The molecule has 16 heavy (non-hydrogen) atoms. The maximum Gasteiger partial charge on any atom is 0.237 e. The summed E-state index contributed by atoms with van der Waals surface area (Å²) in [7, 11) is 2.20. The summed E-state index contributed by atoms with van der Waals surface area (Å²) in [6.45, 7) is 4.65. The molecule has 3 heterocycles. The summed E-state index contributed by atoms with van der Waals surface area (Å²) in [5.74, 6) is 2.32. The molecule has 5 nitrogen and oxygen atoms in total. The van der Waals surface area contributed by atoms with Crippen molar-refractivity contribution < 1.29 is 0 Å². The van der Waals surface area contributed by atoms with Crippen LogP contribution >= 0.6 is 0 Å². The van der Waals surface area contributed by atoms with Gasteiger partial charge in [0, 0.05) is 38.6 Å². The summed E-state index contributed by atoms with van der Waals surface area (Å²) in [4.78, 5) is 10.8. The highest BCUT2D eigenvalue weighted by atomic mass is 15.5. The van der Waals surface area contributed by atoms with Crippen LogP contribution in [0.2, 0.25) is 0 Å². The molecule has 0 radical (unpaired) electrons. The van der Waals surface area contributed by atoms with Crippen LogP contribution in [0, 0.1) is 11.8 Å². The van der Waals surface area contributed by atoms with E-state index in [1.165, 1.54) is 13.1 Å². The lowest BCUT2D eigenvalue weighted by atomic mass is 10.0. The van der Waals surface area contributed by atoms with Crippen LogP contribution in [0.25, 0.3) is 0 Å². The molecule has 0 unspecified atom stereocenters. The minimum absolute atomic E-state index is 0.704. The van der Waals surface area contributed by atoms with Crippen LogP contribution in [0.5, 0.6) is 0 Å². The van der Waals surface area contributed by atoms with E-state index in [0.717, 1.165) is 24.9 Å². The van der Waals surface area contributed by atoms with Crippen molar-refractivity contribution in [1.82, 2.24) is 19.9 Å². The molecule has 86 valence electrons. The van der Waals surface area contributed by atoms with Gasteiger partial charge in [0.25, 0.3) is 0 Å². The Balaban J connectivity index is 1.60. The summed E-state index contributed by atoms with van der Waals surface area (Å²) < 4.78 is 0. The molecule has 0 bridgehead atoms. The highest BCUT2D eigenvalue weighted by Gasteiger charge is 2.38. The lowest BCUT2D eigenvalue weighted by Gasteiger charge is -2.19. The largest absolute Gasteiger partial charge is 0.306 e. The molecule has 1 aromatic rings. The van der Waals surface area contributed by atoms with Crippen molar-refractivity contribution in [3.63, 3.8) is 0 Å². The number of rotatable bonds is 2. The Morgan fingerprint density at radius 3 is 2.38 bits per heavy atom. The molecule has 0 spiro atoms. The number of hydrogen-bond donors (Lipinski definition) is 1. The second kappa shape index (κ2) is 3.99. The molecule has 0 aliphatic carbocycles. The first-order valence-electron chi connectivity index (χ1n) is 5.78. The number of nitrogens with one attached hydrogen (secondary N) is 1. The summed E-state index contributed by atoms with van der Waals surface area (Å²) in [5, 5.41) is 2.25. The summed E-state index contributed by atoms with van der Waals surface area (Å²) in [6.07, 6.45) is 3.53. The van der Waals surface area contributed by atoms with Gasteiger partial charge in [0.05, 0.1) is 0 Å². The van der Waals surface area contributed by atoms with Crippen molar-refractivity contribution in [2.24, 2.45) is 11.8 Å². The molecule has 2 aliphatic heterocycles. The number of anilines is 1. The normalized spacial score (nSPS) is 30.6. The molecule has 2 atom stereocenters. The number of aromatic nitrogens is 2. The van der Waals surface area contributed by atoms with E-state index in [0.29, 0.717) is 5.95 Å². The van der Waals surface area contributed by atoms with Gasteiger partial charge in [-0.3, -0.25) is 5.43 Å². The zero-order valence-corrected chi connectivity index (χ0v) is 9.50. The zero-order chi connectivity index (χ0) is 11.0. The number of hydrazine groups is 1. The van der Waals surface area contributed by atoms with Crippen molar-refractivity contribution in [2.45, 2.75) is 0 Å². The maximum absolute atomic E-state index is 4.18. The van der Waals surface area contributed by atoms with Crippen LogP contribution in [0.4, 0.5) is 5.95 Å². The van der Waals surface area contributed by atoms with E-state index in [-0.39, 0.29) is 0 Å². The molecule has 3 rings (SSSR count). The smallest absolute Gasteiger partial charge is 0.237 e. The van der Waals surface area contributed by atoms with Gasteiger partial charge in [0.2, 0.25) is 5.95 Å². The molecule has 0 saturated carbocycles. The molecule has 1 aromatic heterocycles. The Morgan fingerprint density at radius 2 is 1.75 bits per heavy atom. The third kappa shape index (κ3) is 1.88. The number of fused-ring (bicyclic) bond motifs is 1. The van der Waals surface area contributed by atoms with Crippen LogP contribution in [-0.4, -0.2) is 53.1 Å². The molecule has 2 fully saturated rings. The Kier molecular flexibility index (Phi) is 2.49. The van der Waals surface area contributed by atoms with E-state index in [1.54, 1.807) is 12.4 Å². The van der Waals surface area contributed by atoms with Crippen LogP contribution in [0.3, 0.4) is 0 Å². The van der Waals surface area contributed by atoms with Gasteiger partial charge in [-0.25, -0.2) is 15.0 Å². The van der Waals surface area contributed by atoms with Crippen LogP contribution < -0.4 is 5.43 Å². The van der Waals surface area contributed by atoms with Crippen molar-refractivity contribution in [2.75, 3.05) is 38.7 Å². The summed E-state index contributed by atoms with van der Waals surface area (Å²) in [5.41, 5.74) is 3.28. The fourth-order valence-corrected chi connectivity index (χ4v) is 2.82. The van der Waals surface area contributed by atoms with E-state index in [1.807, 2.05) is 6.07 Å². The Bertz CT molecular complexity index is 341. The van der Waals surface area contributed by atoms with Gasteiger partial charge in [0.1, 0.15) is 0 Å². The van der Waals surface area contributed by atoms with E-state index in [9.17, 15) is 0 Å². The zero-order valence-electron chi connectivity index (χ0n) is 9.50. The second-order valence-electron chi connectivity index (χ2n) is 4.83. The average Bonchev–Trinajstić information content (AvgIpc) is 2.76. The fourth-order valence-electron chi connectivity index (χ4n) is 2.82. The van der Waals surface area contributed by atoms with E-state index < -0.39 is 0 Å². The van der Waals surface area contributed by atoms with E-state index >= 15 is 0 Å². The molecule has 5 heteroatoms. The highest BCUT2D eigenvalue weighted by Crippen LogP contribution is 2.29. The van der Waals surface area contributed by atoms with Gasteiger partial charge in [-0.05, 0) is 24.9 Å². The topological polar surface area (TPSA) is 44.3 Å². The van der Waals surface area contributed by atoms with E-state index in [2.05, 4.69) is 32.4 Å². The Morgan fingerprint density at radius 1 is 1.12 bits per heavy atom. The van der Waals surface area contributed by atoms with Gasteiger partial charge >= 0.3 is 0 Å². The predicted octanol–water partition coefficient (Wildman–Crippen LogP) is 0.297. The third-order valence-electron chi connectivity index (χ3n) is 3.49. The Hall–Kier alpha value is -1.20. The fraction of sp³-hybridized carbons (Fsp3) is 0.636. The molecule has 0 amide bonds. The molecule has 1 N–H and O–H groups in total. The van der Waals surface area contributed by atoms with Crippen molar-refractivity contribution >= 4 is 5.95 Å². The molecular formula is C11H17N5. The molecule has 2 saturated heterocycles. The standard InChI is InChI=1S/C11H17N5/c1-15-5-9-7-16(8-10(9)6-15)14-11-12-3-2-4-13-11/h2-4,9-10H,5-8H2,1H3,(H,12,13,14)/t9-,10+. The van der Waals surface area contributed by atoms with E-state index in [4.69, 9.17) is 0 Å². The van der Waals surface area contributed by atoms with Crippen LogP contribution in [-0.2, 0) is 0 Å². The van der Waals surface area contributed by atoms with Gasteiger partial charge in [-0.1, -0.05) is 0 Å². The van der Waals surface area contributed by atoms with Gasteiger partial charge < -0.3 is 4.90 Å².